The zero-order valence-electron chi connectivity index (χ0n) is 13.3. The van der Waals surface area contributed by atoms with E-state index in [4.69, 9.17) is 4.74 Å². The van der Waals surface area contributed by atoms with Gasteiger partial charge in [0.1, 0.15) is 0 Å². The fourth-order valence-corrected chi connectivity index (χ4v) is 3.18. The van der Waals surface area contributed by atoms with E-state index in [0.29, 0.717) is 6.04 Å². The Hall–Kier alpha value is -0.900. The van der Waals surface area contributed by atoms with Gasteiger partial charge in [-0.25, -0.2) is 0 Å². The molecule has 3 nitrogen and oxygen atoms in total. The molecule has 1 fully saturated rings. The van der Waals surface area contributed by atoms with Crippen molar-refractivity contribution in [3.8, 4) is 0 Å². The maximum atomic E-state index is 5.42. The largest absolute Gasteiger partial charge is 0.384 e. The molecule has 1 saturated heterocycles. The number of ether oxygens (including phenoxy) is 1. The second-order valence-electron chi connectivity index (χ2n) is 6.37. The fourth-order valence-electron chi connectivity index (χ4n) is 3.18. The third-order valence-electron chi connectivity index (χ3n) is 4.34. The van der Waals surface area contributed by atoms with Crippen LogP contribution in [0.4, 0.5) is 0 Å². The highest BCUT2D eigenvalue weighted by atomic mass is 16.5. The van der Waals surface area contributed by atoms with E-state index in [1.807, 2.05) is 0 Å². The van der Waals surface area contributed by atoms with Crippen LogP contribution in [0.2, 0.25) is 0 Å². The second kappa shape index (κ2) is 6.70. The standard InChI is InChI=1S/C17H28N2O/c1-14(19-11-9-18-10-12-19)15-7-5-6-8-16(15)17(2,3)13-20-4/h5-8,14,18H,9-13H2,1-4H3. The molecule has 0 aliphatic carbocycles. The van der Waals surface area contributed by atoms with E-state index in [-0.39, 0.29) is 5.41 Å². The van der Waals surface area contributed by atoms with Crippen molar-refractivity contribution in [1.29, 1.82) is 0 Å². The maximum absolute atomic E-state index is 5.42. The molecule has 112 valence electrons. The van der Waals surface area contributed by atoms with Crippen molar-refractivity contribution in [2.75, 3.05) is 39.9 Å². The van der Waals surface area contributed by atoms with Gasteiger partial charge in [-0.2, -0.15) is 0 Å². The third-order valence-corrected chi connectivity index (χ3v) is 4.34. The Labute approximate surface area is 123 Å². The molecular weight excluding hydrogens is 248 g/mol. The highest BCUT2D eigenvalue weighted by Crippen LogP contribution is 2.32. The number of benzene rings is 1. The molecule has 1 aromatic carbocycles. The lowest BCUT2D eigenvalue weighted by molar-refractivity contribution is 0.143. The Morgan fingerprint density at radius 2 is 1.90 bits per heavy atom. The first kappa shape index (κ1) is 15.5. The van der Waals surface area contributed by atoms with Crippen LogP contribution in [-0.2, 0) is 10.2 Å². The van der Waals surface area contributed by atoms with E-state index in [1.165, 1.54) is 11.1 Å². The highest BCUT2D eigenvalue weighted by Gasteiger charge is 2.27. The van der Waals surface area contributed by atoms with Gasteiger partial charge in [0.25, 0.3) is 0 Å². The Bertz CT molecular complexity index is 425. The molecule has 3 heteroatoms. The summed E-state index contributed by atoms with van der Waals surface area (Å²) < 4.78 is 5.42. The number of nitrogens with one attached hydrogen (secondary N) is 1. The summed E-state index contributed by atoms with van der Waals surface area (Å²) in [4.78, 5) is 2.57. The smallest absolute Gasteiger partial charge is 0.0553 e. The Morgan fingerprint density at radius 3 is 2.55 bits per heavy atom. The maximum Gasteiger partial charge on any atom is 0.0553 e. The first-order valence-electron chi connectivity index (χ1n) is 7.59. The summed E-state index contributed by atoms with van der Waals surface area (Å²) in [5.41, 5.74) is 2.90. The predicted molar refractivity (Wildman–Crippen MR) is 84.2 cm³/mol. The molecule has 0 aromatic heterocycles. The van der Waals surface area contributed by atoms with E-state index in [2.05, 4.69) is 55.3 Å². The van der Waals surface area contributed by atoms with E-state index >= 15 is 0 Å². The summed E-state index contributed by atoms with van der Waals surface area (Å²) >= 11 is 0. The van der Waals surface area contributed by atoms with Crippen molar-refractivity contribution >= 4 is 0 Å². The van der Waals surface area contributed by atoms with Crippen molar-refractivity contribution < 1.29 is 4.74 Å². The third kappa shape index (κ3) is 3.40. The van der Waals surface area contributed by atoms with Gasteiger partial charge >= 0.3 is 0 Å². The Balaban J connectivity index is 2.26. The predicted octanol–water partition coefficient (Wildman–Crippen LogP) is 2.58. The molecule has 0 bridgehead atoms. The van der Waals surface area contributed by atoms with Gasteiger partial charge in [0.05, 0.1) is 6.61 Å². The number of methoxy groups -OCH3 is 1. The normalized spacial score (nSPS) is 19.0. The summed E-state index contributed by atoms with van der Waals surface area (Å²) in [5.74, 6) is 0. The molecule has 1 N–H and O–H groups in total. The second-order valence-corrected chi connectivity index (χ2v) is 6.37. The average Bonchev–Trinajstić information content (AvgIpc) is 2.47. The molecule has 1 atom stereocenters. The van der Waals surface area contributed by atoms with Crippen LogP contribution in [0.1, 0.15) is 37.9 Å². The van der Waals surface area contributed by atoms with Crippen molar-refractivity contribution in [3.63, 3.8) is 0 Å². The van der Waals surface area contributed by atoms with Crippen LogP contribution < -0.4 is 5.32 Å². The molecule has 0 radical (unpaired) electrons. The summed E-state index contributed by atoms with van der Waals surface area (Å²) in [5, 5.41) is 3.42. The zero-order valence-corrected chi connectivity index (χ0v) is 13.3. The Morgan fingerprint density at radius 1 is 1.25 bits per heavy atom. The number of rotatable bonds is 5. The molecule has 20 heavy (non-hydrogen) atoms. The fraction of sp³-hybridized carbons (Fsp3) is 0.647. The molecule has 1 unspecified atom stereocenters. The van der Waals surface area contributed by atoms with Crippen LogP contribution in [-0.4, -0.2) is 44.8 Å². The van der Waals surface area contributed by atoms with Gasteiger partial charge in [0.2, 0.25) is 0 Å². The van der Waals surface area contributed by atoms with E-state index in [0.717, 1.165) is 32.8 Å². The van der Waals surface area contributed by atoms with E-state index in [9.17, 15) is 0 Å². The summed E-state index contributed by atoms with van der Waals surface area (Å²) in [7, 11) is 1.78. The number of piperazine rings is 1. The van der Waals surface area contributed by atoms with Crippen molar-refractivity contribution in [2.45, 2.75) is 32.2 Å². The van der Waals surface area contributed by atoms with Crippen LogP contribution in [0.5, 0.6) is 0 Å². The number of hydrogen-bond acceptors (Lipinski definition) is 3. The molecule has 2 rings (SSSR count). The summed E-state index contributed by atoms with van der Waals surface area (Å²) in [6, 6.07) is 9.29. The van der Waals surface area contributed by atoms with Crippen LogP contribution in [0, 0.1) is 0 Å². The molecule has 1 aliphatic heterocycles. The molecular formula is C17H28N2O. The molecule has 0 spiro atoms. The minimum absolute atomic E-state index is 0.0492. The van der Waals surface area contributed by atoms with Gasteiger partial charge in [0.15, 0.2) is 0 Å². The number of nitrogens with zero attached hydrogens (tertiary/aromatic N) is 1. The van der Waals surface area contributed by atoms with Gasteiger partial charge in [-0.15, -0.1) is 0 Å². The molecule has 1 aromatic rings. The van der Waals surface area contributed by atoms with Crippen molar-refractivity contribution in [3.05, 3.63) is 35.4 Å². The first-order valence-corrected chi connectivity index (χ1v) is 7.59. The molecule has 0 saturated carbocycles. The van der Waals surface area contributed by atoms with Crippen LogP contribution in [0.3, 0.4) is 0 Å². The average molecular weight is 276 g/mol. The molecule has 1 heterocycles. The Kier molecular flexibility index (Phi) is 5.19. The quantitative estimate of drug-likeness (QED) is 0.894. The zero-order chi connectivity index (χ0) is 14.6. The molecule has 0 amide bonds. The lowest BCUT2D eigenvalue weighted by atomic mass is 9.80. The van der Waals surface area contributed by atoms with E-state index in [1.54, 1.807) is 7.11 Å². The van der Waals surface area contributed by atoms with Gasteiger partial charge < -0.3 is 10.1 Å². The van der Waals surface area contributed by atoms with Gasteiger partial charge in [-0.1, -0.05) is 38.1 Å². The SMILES string of the molecule is COCC(C)(C)c1ccccc1C(C)N1CCNCC1. The lowest BCUT2D eigenvalue weighted by Crippen LogP contribution is -2.45. The van der Waals surface area contributed by atoms with E-state index < -0.39 is 0 Å². The van der Waals surface area contributed by atoms with Crippen LogP contribution >= 0.6 is 0 Å². The minimum Gasteiger partial charge on any atom is -0.384 e. The van der Waals surface area contributed by atoms with Gasteiger partial charge in [0, 0.05) is 44.7 Å². The molecule has 1 aliphatic rings. The monoisotopic (exact) mass is 276 g/mol. The summed E-state index contributed by atoms with van der Waals surface area (Å²) in [6.07, 6.45) is 0. The van der Waals surface area contributed by atoms with Crippen molar-refractivity contribution in [2.24, 2.45) is 0 Å². The summed E-state index contributed by atoms with van der Waals surface area (Å²) in [6.45, 7) is 12.0. The first-order chi connectivity index (χ1) is 9.56. The van der Waals surface area contributed by atoms with Crippen LogP contribution in [0.25, 0.3) is 0 Å². The van der Waals surface area contributed by atoms with Crippen LogP contribution in [0.15, 0.2) is 24.3 Å². The van der Waals surface area contributed by atoms with Crippen molar-refractivity contribution in [1.82, 2.24) is 10.2 Å². The highest BCUT2D eigenvalue weighted by molar-refractivity contribution is 5.35. The topological polar surface area (TPSA) is 24.5 Å². The minimum atomic E-state index is 0.0492. The van der Waals surface area contributed by atoms with Gasteiger partial charge in [-0.05, 0) is 18.1 Å². The number of hydrogen-bond donors (Lipinski definition) is 1. The lowest BCUT2D eigenvalue weighted by Gasteiger charge is -2.36. The van der Waals surface area contributed by atoms with Gasteiger partial charge in [-0.3, -0.25) is 4.90 Å².